The van der Waals surface area contributed by atoms with Crippen LogP contribution in [0.1, 0.15) is 0 Å². The SMILES string of the molecule is C[P+](=O)OP(=O)(O)OP(=O)(O)O[P+](C)=O. The van der Waals surface area contributed by atoms with Crippen molar-refractivity contribution in [2.75, 3.05) is 13.3 Å². The molecule has 0 radical (unpaired) electrons. The lowest BCUT2D eigenvalue weighted by Gasteiger charge is -2.05. The van der Waals surface area contributed by atoms with Crippen LogP contribution in [0, 0.1) is 0 Å². The van der Waals surface area contributed by atoms with Crippen LogP contribution >= 0.6 is 31.7 Å². The maximum absolute atomic E-state index is 10.8. The summed E-state index contributed by atoms with van der Waals surface area (Å²) in [6.07, 6.45) is 0. The molecule has 0 rings (SSSR count). The van der Waals surface area contributed by atoms with Crippen molar-refractivity contribution >= 4 is 31.7 Å². The molecule has 0 aromatic rings. The van der Waals surface area contributed by atoms with E-state index in [-0.39, 0.29) is 0 Å². The zero-order valence-corrected chi connectivity index (χ0v) is 11.1. The highest BCUT2D eigenvalue weighted by atomic mass is 31.3. The lowest BCUT2D eigenvalue weighted by molar-refractivity contribution is 0.240. The minimum atomic E-state index is -4.98. The number of phosphoric acid groups is 2. The van der Waals surface area contributed by atoms with Gasteiger partial charge in [0.05, 0.1) is 0 Å². The summed E-state index contributed by atoms with van der Waals surface area (Å²) in [4.78, 5) is 17.5. The fourth-order valence-corrected chi connectivity index (χ4v) is 4.59. The first-order valence-corrected chi connectivity index (χ1v) is 9.36. The molecule has 2 N–H and O–H groups in total. The van der Waals surface area contributed by atoms with E-state index in [1.54, 1.807) is 0 Å². The third kappa shape index (κ3) is 8.29. The Bertz CT molecular complexity index is 325. The van der Waals surface area contributed by atoms with Crippen LogP contribution in [0.5, 0.6) is 0 Å². The summed E-state index contributed by atoms with van der Waals surface area (Å²) in [7, 11) is -15.0. The number of hydrogen-bond acceptors (Lipinski definition) is 7. The molecule has 0 spiro atoms. The molecule has 0 aromatic heterocycles. The van der Waals surface area contributed by atoms with Crippen molar-refractivity contribution < 1.29 is 41.0 Å². The Morgan fingerprint density at radius 2 is 1.20 bits per heavy atom. The molecule has 4 unspecified atom stereocenters. The molecule has 0 saturated heterocycles. The molecule has 9 nitrogen and oxygen atoms in total. The first-order valence-electron chi connectivity index (χ1n) is 3.12. The van der Waals surface area contributed by atoms with Gasteiger partial charge in [-0.1, -0.05) is 0 Å². The molecule has 15 heavy (non-hydrogen) atoms. The molecule has 13 heteroatoms. The normalized spacial score (nSPS) is 21.3. The van der Waals surface area contributed by atoms with Gasteiger partial charge in [0.2, 0.25) is 0 Å². The van der Waals surface area contributed by atoms with Crippen molar-refractivity contribution in [3.05, 3.63) is 0 Å². The van der Waals surface area contributed by atoms with E-state index in [4.69, 9.17) is 9.79 Å². The highest BCUT2D eigenvalue weighted by Gasteiger charge is 2.44. The van der Waals surface area contributed by atoms with Crippen LogP contribution in [0.3, 0.4) is 0 Å². The number of rotatable bonds is 6. The van der Waals surface area contributed by atoms with Gasteiger partial charge in [0.1, 0.15) is 0 Å². The van der Waals surface area contributed by atoms with E-state index in [2.05, 4.69) is 12.9 Å². The van der Waals surface area contributed by atoms with E-state index in [0.717, 1.165) is 13.3 Å². The molecule has 0 fully saturated rings. The molecule has 0 saturated carbocycles. The van der Waals surface area contributed by atoms with Gasteiger partial charge in [0, 0.05) is 0 Å². The third-order valence-corrected chi connectivity index (χ3v) is 5.78. The highest BCUT2D eigenvalue weighted by molar-refractivity contribution is 7.67. The van der Waals surface area contributed by atoms with Gasteiger partial charge in [-0.3, -0.25) is 9.79 Å². The molecular formula is C2H8O9P4+2. The molecule has 88 valence electrons. The molecule has 0 aliphatic rings. The second-order valence-electron chi connectivity index (χ2n) is 2.06. The van der Waals surface area contributed by atoms with E-state index in [1.807, 2.05) is 0 Å². The van der Waals surface area contributed by atoms with Crippen LogP contribution in [0.2, 0.25) is 0 Å². The standard InChI is InChI=1S/C2H6O9P4/c1-12(3)9-14(5,6)11-15(7,8)10-13(2)4/h1-2H3/p+2. The van der Waals surface area contributed by atoms with Crippen LogP contribution in [0.25, 0.3) is 0 Å². The summed E-state index contributed by atoms with van der Waals surface area (Å²) >= 11 is 0. The zero-order valence-electron chi connectivity index (χ0n) is 7.54. The molecular weight excluding hydrogens is 292 g/mol. The van der Waals surface area contributed by atoms with Crippen molar-refractivity contribution in [3.8, 4) is 0 Å². The monoisotopic (exact) mass is 300 g/mol. The van der Waals surface area contributed by atoms with Gasteiger partial charge >= 0.3 is 31.7 Å². The van der Waals surface area contributed by atoms with Crippen LogP contribution in [-0.4, -0.2) is 23.1 Å². The summed E-state index contributed by atoms with van der Waals surface area (Å²) < 4.78 is 53.9. The van der Waals surface area contributed by atoms with E-state index < -0.39 is 31.7 Å². The lowest BCUT2D eigenvalue weighted by Crippen LogP contribution is -1.90. The van der Waals surface area contributed by atoms with Crippen molar-refractivity contribution in [1.29, 1.82) is 0 Å². The smallest absolute Gasteiger partial charge is 0.300 e. The topological polar surface area (TPSA) is 136 Å². The quantitative estimate of drug-likeness (QED) is 0.705. The molecule has 0 bridgehead atoms. The van der Waals surface area contributed by atoms with Crippen LogP contribution in [0.15, 0.2) is 0 Å². The average molecular weight is 300 g/mol. The zero-order chi connectivity index (χ0) is 12.3. The minimum absolute atomic E-state index is 0.936. The Balaban J connectivity index is 4.57. The van der Waals surface area contributed by atoms with Gasteiger partial charge in [-0.15, -0.1) is 0 Å². The summed E-state index contributed by atoms with van der Waals surface area (Å²) in [5.74, 6) is 0. The van der Waals surface area contributed by atoms with Gasteiger partial charge in [-0.2, -0.15) is 4.31 Å². The molecule has 0 aromatic carbocycles. The van der Waals surface area contributed by atoms with Crippen molar-refractivity contribution in [2.24, 2.45) is 0 Å². The Labute approximate surface area is 86.7 Å². The van der Waals surface area contributed by atoms with E-state index in [1.165, 1.54) is 0 Å². The summed E-state index contributed by atoms with van der Waals surface area (Å²) in [6, 6.07) is 0. The van der Waals surface area contributed by atoms with Crippen LogP contribution in [-0.2, 0) is 31.2 Å². The molecule has 4 atom stereocenters. The second-order valence-corrected chi connectivity index (χ2v) is 7.65. The van der Waals surface area contributed by atoms with Crippen molar-refractivity contribution in [2.45, 2.75) is 0 Å². The maximum Gasteiger partial charge on any atom is 0.524 e. The first kappa shape index (κ1) is 15.5. The summed E-state index contributed by atoms with van der Waals surface area (Å²) in [6.45, 7) is 1.87. The van der Waals surface area contributed by atoms with Crippen LogP contribution < -0.4 is 0 Å². The molecule has 0 amide bonds. The molecule has 0 heterocycles. The first-order chi connectivity index (χ1) is 6.54. The minimum Gasteiger partial charge on any atom is -0.300 e. The Morgan fingerprint density at radius 3 is 1.40 bits per heavy atom. The second kappa shape index (κ2) is 5.69. The van der Waals surface area contributed by atoms with Gasteiger partial charge in [-0.05, 0) is 17.8 Å². The predicted molar refractivity (Wildman–Crippen MR) is 50.0 cm³/mol. The van der Waals surface area contributed by atoms with Crippen molar-refractivity contribution in [1.82, 2.24) is 0 Å². The van der Waals surface area contributed by atoms with Gasteiger partial charge < -0.3 is 0 Å². The lowest BCUT2D eigenvalue weighted by atomic mass is 12.0. The average Bonchev–Trinajstić information content (AvgIpc) is 1.73. The number of hydrogen-bond donors (Lipinski definition) is 2. The van der Waals surface area contributed by atoms with Crippen molar-refractivity contribution in [3.63, 3.8) is 0 Å². The maximum atomic E-state index is 10.8. The van der Waals surface area contributed by atoms with Crippen LogP contribution in [0.4, 0.5) is 0 Å². The predicted octanol–water partition coefficient (Wildman–Crippen LogP) is 1.98. The van der Waals surface area contributed by atoms with E-state index in [0.29, 0.717) is 0 Å². The molecule has 0 aliphatic heterocycles. The Hall–Kier alpha value is 0.460. The van der Waals surface area contributed by atoms with Gasteiger partial charge in [0.25, 0.3) is 0 Å². The summed E-state index contributed by atoms with van der Waals surface area (Å²) in [5.41, 5.74) is 0. The fraction of sp³-hybridized carbons (Fsp3) is 1.00. The van der Waals surface area contributed by atoms with Gasteiger partial charge in [0.15, 0.2) is 13.3 Å². The van der Waals surface area contributed by atoms with Gasteiger partial charge in [-0.25, -0.2) is 9.13 Å². The van der Waals surface area contributed by atoms with E-state index >= 15 is 0 Å². The third-order valence-electron chi connectivity index (χ3n) is 0.643. The molecule has 0 aliphatic carbocycles. The Morgan fingerprint density at radius 1 is 0.933 bits per heavy atom. The Kier molecular flexibility index (Phi) is 5.86. The van der Waals surface area contributed by atoms with E-state index in [9.17, 15) is 18.3 Å². The fourth-order valence-electron chi connectivity index (χ4n) is 0.451. The largest absolute Gasteiger partial charge is 0.524 e. The summed E-state index contributed by atoms with van der Waals surface area (Å²) in [5, 5.41) is 0. The highest BCUT2D eigenvalue weighted by Crippen LogP contribution is 2.65.